The van der Waals surface area contributed by atoms with Crippen molar-refractivity contribution in [1.82, 2.24) is 0 Å². The van der Waals surface area contributed by atoms with Crippen LogP contribution in [-0.2, 0) is 4.79 Å². The molecule has 0 radical (unpaired) electrons. The normalized spacial score (nSPS) is 24.1. The van der Waals surface area contributed by atoms with Crippen molar-refractivity contribution in [1.29, 1.82) is 0 Å². The van der Waals surface area contributed by atoms with E-state index in [-0.39, 0.29) is 11.8 Å². The molecule has 2 atom stereocenters. The summed E-state index contributed by atoms with van der Waals surface area (Å²) < 4.78 is 0. The quantitative estimate of drug-likeness (QED) is 0.777. The van der Waals surface area contributed by atoms with Gasteiger partial charge in [0, 0.05) is 0 Å². The van der Waals surface area contributed by atoms with E-state index in [0.29, 0.717) is 12.8 Å². The lowest BCUT2D eigenvalue weighted by atomic mass is 9.68. The predicted octanol–water partition coefficient (Wildman–Crippen LogP) is 2.67. The Morgan fingerprint density at radius 2 is 1.62 bits per heavy atom. The SMILES string of the molecule is CC(C)[C@@H](C)[C@@H](C(=O)O)C1(O)CCCCC1. The maximum Gasteiger partial charge on any atom is 0.309 e. The molecule has 3 heteroatoms. The van der Waals surface area contributed by atoms with Crippen LogP contribution in [0.5, 0.6) is 0 Å². The summed E-state index contributed by atoms with van der Waals surface area (Å²) in [7, 11) is 0. The fourth-order valence-electron chi connectivity index (χ4n) is 2.80. The van der Waals surface area contributed by atoms with E-state index >= 15 is 0 Å². The lowest BCUT2D eigenvalue weighted by Gasteiger charge is -2.40. The Morgan fingerprint density at radius 3 is 2.00 bits per heavy atom. The van der Waals surface area contributed by atoms with Gasteiger partial charge in [0.25, 0.3) is 0 Å². The summed E-state index contributed by atoms with van der Waals surface area (Å²) in [5.74, 6) is -1.16. The Balaban J connectivity index is 2.87. The van der Waals surface area contributed by atoms with E-state index in [1.807, 2.05) is 20.8 Å². The van der Waals surface area contributed by atoms with Gasteiger partial charge in [-0.25, -0.2) is 0 Å². The van der Waals surface area contributed by atoms with E-state index in [9.17, 15) is 15.0 Å². The number of aliphatic carboxylic acids is 1. The summed E-state index contributed by atoms with van der Waals surface area (Å²) in [6.45, 7) is 5.98. The topological polar surface area (TPSA) is 57.5 Å². The Hall–Kier alpha value is -0.570. The van der Waals surface area contributed by atoms with Crippen LogP contribution >= 0.6 is 0 Å². The number of carboxylic acid groups (broad SMARTS) is 1. The van der Waals surface area contributed by atoms with Gasteiger partial charge in [0.05, 0.1) is 11.5 Å². The average Bonchev–Trinajstić information content (AvgIpc) is 2.17. The Labute approximate surface area is 97.9 Å². The molecule has 1 saturated carbocycles. The van der Waals surface area contributed by atoms with Crippen molar-refractivity contribution in [3.8, 4) is 0 Å². The Kier molecular flexibility index (Phi) is 4.36. The number of rotatable bonds is 4. The molecule has 0 spiro atoms. The zero-order chi connectivity index (χ0) is 12.3. The van der Waals surface area contributed by atoms with Crippen LogP contribution in [-0.4, -0.2) is 21.8 Å². The second-order valence-corrected chi connectivity index (χ2v) is 5.58. The van der Waals surface area contributed by atoms with Crippen molar-refractivity contribution in [2.75, 3.05) is 0 Å². The molecule has 0 aromatic rings. The van der Waals surface area contributed by atoms with Crippen LogP contribution in [0.25, 0.3) is 0 Å². The summed E-state index contributed by atoms with van der Waals surface area (Å²) in [4.78, 5) is 11.4. The molecule has 1 rings (SSSR count). The van der Waals surface area contributed by atoms with Gasteiger partial charge in [-0.2, -0.15) is 0 Å². The van der Waals surface area contributed by atoms with Crippen molar-refractivity contribution in [2.24, 2.45) is 17.8 Å². The summed E-state index contributed by atoms with van der Waals surface area (Å²) in [5, 5.41) is 19.9. The minimum Gasteiger partial charge on any atom is -0.481 e. The molecule has 0 unspecified atom stereocenters. The van der Waals surface area contributed by atoms with Gasteiger partial charge in [-0.3, -0.25) is 4.79 Å². The molecule has 1 fully saturated rings. The van der Waals surface area contributed by atoms with Gasteiger partial charge in [-0.1, -0.05) is 40.0 Å². The van der Waals surface area contributed by atoms with E-state index in [0.717, 1.165) is 19.3 Å². The highest BCUT2D eigenvalue weighted by Crippen LogP contribution is 2.40. The first-order valence-corrected chi connectivity index (χ1v) is 6.33. The zero-order valence-electron chi connectivity index (χ0n) is 10.6. The lowest BCUT2D eigenvalue weighted by molar-refractivity contribution is -0.161. The molecule has 2 N–H and O–H groups in total. The molecular formula is C13H24O3. The minimum absolute atomic E-state index is 0.0144. The van der Waals surface area contributed by atoms with Crippen LogP contribution in [0.4, 0.5) is 0 Å². The molecule has 94 valence electrons. The lowest BCUT2D eigenvalue weighted by Crippen LogP contribution is -2.48. The van der Waals surface area contributed by atoms with Crippen LogP contribution in [0.15, 0.2) is 0 Å². The van der Waals surface area contributed by atoms with Crippen LogP contribution in [0, 0.1) is 17.8 Å². The highest BCUT2D eigenvalue weighted by Gasteiger charge is 2.45. The summed E-state index contributed by atoms with van der Waals surface area (Å²) >= 11 is 0. The first-order valence-electron chi connectivity index (χ1n) is 6.33. The van der Waals surface area contributed by atoms with E-state index in [1.54, 1.807) is 0 Å². The van der Waals surface area contributed by atoms with E-state index in [2.05, 4.69) is 0 Å². The fraction of sp³-hybridized carbons (Fsp3) is 0.923. The molecule has 0 bridgehead atoms. The molecule has 0 aliphatic heterocycles. The molecule has 1 aliphatic rings. The largest absolute Gasteiger partial charge is 0.481 e. The van der Waals surface area contributed by atoms with Crippen LogP contribution in [0.2, 0.25) is 0 Å². The highest BCUT2D eigenvalue weighted by atomic mass is 16.4. The molecule has 0 aromatic heterocycles. The second kappa shape index (κ2) is 5.17. The van der Waals surface area contributed by atoms with Crippen molar-refractivity contribution in [3.05, 3.63) is 0 Å². The number of carbonyl (C=O) groups is 1. The van der Waals surface area contributed by atoms with Crippen molar-refractivity contribution in [3.63, 3.8) is 0 Å². The first-order chi connectivity index (χ1) is 7.38. The fourth-order valence-corrected chi connectivity index (χ4v) is 2.80. The van der Waals surface area contributed by atoms with Crippen LogP contribution in [0.3, 0.4) is 0 Å². The maximum atomic E-state index is 11.4. The van der Waals surface area contributed by atoms with Gasteiger partial charge in [-0.15, -0.1) is 0 Å². The van der Waals surface area contributed by atoms with Gasteiger partial charge in [0.2, 0.25) is 0 Å². The second-order valence-electron chi connectivity index (χ2n) is 5.58. The molecule has 16 heavy (non-hydrogen) atoms. The van der Waals surface area contributed by atoms with Gasteiger partial charge in [-0.05, 0) is 24.7 Å². The third-order valence-electron chi connectivity index (χ3n) is 4.14. The Bertz CT molecular complexity index is 242. The maximum absolute atomic E-state index is 11.4. The van der Waals surface area contributed by atoms with Gasteiger partial charge >= 0.3 is 5.97 Å². The number of hydrogen-bond donors (Lipinski definition) is 2. The van der Waals surface area contributed by atoms with Crippen LogP contribution in [0.1, 0.15) is 52.9 Å². The molecule has 0 saturated heterocycles. The highest BCUT2D eigenvalue weighted by molar-refractivity contribution is 5.72. The molecule has 1 aliphatic carbocycles. The molecule has 0 aromatic carbocycles. The summed E-state index contributed by atoms with van der Waals surface area (Å²) in [6, 6.07) is 0. The Morgan fingerprint density at radius 1 is 1.12 bits per heavy atom. The summed E-state index contributed by atoms with van der Waals surface area (Å²) in [5.41, 5.74) is -0.978. The third-order valence-corrected chi connectivity index (χ3v) is 4.14. The van der Waals surface area contributed by atoms with E-state index < -0.39 is 17.5 Å². The van der Waals surface area contributed by atoms with Crippen molar-refractivity contribution >= 4 is 5.97 Å². The van der Waals surface area contributed by atoms with Gasteiger partial charge in [0.15, 0.2) is 0 Å². The number of aliphatic hydroxyl groups is 1. The third kappa shape index (κ3) is 2.76. The number of carboxylic acids is 1. The standard InChI is InChI=1S/C13H24O3/c1-9(2)10(3)11(12(14)15)13(16)7-5-4-6-8-13/h9-11,16H,4-8H2,1-3H3,(H,14,15)/t10-,11+/m1/s1. The first kappa shape index (κ1) is 13.5. The van der Waals surface area contributed by atoms with Gasteiger partial charge < -0.3 is 10.2 Å². The van der Waals surface area contributed by atoms with E-state index in [1.165, 1.54) is 0 Å². The monoisotopic (exact) mass is 228 g/mol. The molecule has 0 heterocycles. The predicted molar refractivity (Wildman–Crippen MR) is 63.2 cm³/mol. The molecule has 3 nitrogen and oxygen atoms in total. The molecular weight excluding hydrogens is 204 g/mol. The smallest absolute Gasteiger partial charge is 0.309 e. The number of hydrogen-bond acceptors (Lipinski definition) is 2. The minimum atomic E-state index is -0.978. The average molecular weight is 228 g/mol. The molecule has 0 amide bonds. The zero-order valence-corrected chi connectivity index (χ0v) is 10.6. The van der Waals surface area contributed by atoms with Gasteiger partial charge in [0.1, 0.15) is 0 Å². The van der Waals surface area contributed by atoms with Crippen molar-refractivity contribution < 1.29 is 15.0 Å². The van der Waals surface area contributed by atoms with Crippen LogP contribution < -0.4 is 0 Å². The van der Waals surface area contributed by atoms with E-state index in [4.69, 9.17) is 0 Å². The summed E-state index contributed by atoms with van der Waals surface area (Å²) in [6.07, 6.45) is 4.29. The van der Waals surface area contributed by atoms with Crippen molar-refractivity contribution in [2.45, 2.75) is 58.5 Å².